The van der Waals surface area contributed by atoms with Crippen LogP contribution in [-0.2, 0) is 4.79 Å². The van der Waals surface area contributed by atoms with E-state index in [4.69, 9.17) is 4.42 Å². The molecule has 3 rings (SSSR count). The molecule has 0 aliphatic heterocycles. The van der Waals surface area contributed by atoms with Crippen molar-refractivity contribution in [2.45, 2.75) is 51.5 Å². The van der Waals surface area contributed by atoms with E-state index in [0.29, 0.717) is 42.4 Å². The third-order valence-corrected chi connectivity index (χ3v) is 5.85. The zero-order valence-corrected chi connectivity index (χ0v) is 16.1. The zero-order valence-electron chi connectivity index (χ0n) is 15.3. The van der Waals surface area contributed by atoms with Crippen molar-refractivity contribution in [3.8, 4) is 10.8 Å². The number of amides is 2. The molecule has 0 aromatic carbocycles. The van der Waals surface area contributed by atoms with Crippen LogP contribution in [0.3, 0.4) is 0 Å². The minimum Gasteiger partial charge on any atom is -0.462 e. The predicted molar refractivity (Wildman–Crippen MR) is 101 cm³/mol. The number of nitrogens with one attached hydrogen (secondary N) is 1. The van der Waals surface area contributed by atoms with E-state index in [2.05, 4.69) is 10.3 Å². The third-order valence-electron chi connectivity index (χ3n) is 4.99. The van der Waals surface area contributed by atoms with Gasteiger partial charge in [-0.05, 0) is 38.8 Å². The van der Waals surface area contributed by atoms with Crippen molar-refractivity contribution in [1.82, 2.24) is 15.2 Å². The molecule has 0 radical (unpaired) electrons. The van der Waals surface area contributed by atoms with Gasteiger partial charge in [0.05, 0.1) is 6.26 Å². The first-order valence-corrected chi connectivity index (χ1v) is 10.1. The number of carbonyl (C=O) groups is 2. The molecule has 0 atom stereocenters. The molecule has 2 heterocycles. The lowest BCUT2D eigenvalue weighted by Crippen LogP contribution is -2.60. The van der Waals surface area contributed by atoms with E-state index in [1.54, 1.807) is 22.6 Å². The normalized spacial score (nSPS) is 16.2. The Bertz CT molecular complexity index is 744. The summed E-state index contributed by atoms with van der Waals surface area (Å²) in [7, 11) is 0. The topological polar surface area (TPSA) is 75.4 Å². The Morgan fingerprint density at radius 3 is 2.62 bits per heavy atom. The molecule has 2 aromatic rings. The first-order valence-electron chi connectivity index (χ1n) is 9.21. The first-order chi connectivity index (χ1) is 12.6. The van der Waals surface area contributed by atoms with Crippen LogP contribution >= 0.6 is 11.3 Å². The maximum Gasteiger partial charge on any atom is 0.271 e. The summed E-state index contributed by atoms with van der Waals surface area (Å²) < 4.78 is 5.34. The summed E-state index contributed by atoms with van der Waals surface area (Å²) in [5, 5.41) is 5.41. The van der Waals surface area contributed by atoms with Gasteiger partial charge in [-0.15, -0.1) is 11.3 Å². The summed E-state index contributed by atoms with van der Waals surface area (Å²) in [4.78, 5) is 32.1. The smallest absolute Gasteiger partial charge is 0.271 e. The molecular weight excluding hydrogens is 350 g/mol. The number of hydrogen-bond donors (Lipinski definition) is 1. The van der Waals surface area contributed by atoms with Crippen LogP contribution in [0, 0.1) is 0 Å². The van der Waals surface area contributed by atoms with Gasteiger partial charge in [0, 0.05) is 18.5 Å². The highest BCUT2D eigenvalue weighted by Gasteiger charge is 2.43. The van der Waals surface area contributed by atoms with Crippen molar-refractivity contribution >= 4 is 23.2 Å². The fourth-order valence-electron chi connectivity index (χ4n) is 3.53. The number of rotatable bonds is 6. The number of aromatic nitrogens is 1. The summed E-state index contributed by atoms with van der Waals surface area (Å²) in [6.07, 6.45) is 5.94. The van der Waals surface area contributed by atoms with E-state index in [9.17, 15) is 9.59 Å². The summed E-state index contributed by atoms with van der Waals surface area (Å²) in [6, 6.07) is 3.60. The average Bonchev–Trinajstić information content (AvgIpc) is 3.35. The van der Waals surface area contributed by atoms with Crippen LogP contribution in [0.5, 0.6) is 0 Å². The van der Waals surface area contributed by atoms with Crippen LogP contribution in [0.25, 0.3) is 10.8 Å². The maximum absolute atomic E-state index is 13.1. The molecule has 140 valence electrons. The monoisotopic (exact) mass is 375 g/mol. The zero-order chi connectivity index (χ0) is 18.6. The molecule has 0 bridgehead atoms. The molecule has 1 aliphatic carbocycles. The lowest BCUT2D eigenvalue weighted by Gasteiger charge is -2.39. The highest BCUT2D eigenvalue weighted by atomic mass is 32.1. The van der Waals surface area contributed by atoms with Gasteiger partial charge in [0.2, 0.25) is 5.91 Å². The highest BCUT2D eigenvalue weighted by Crippen LogP contribution is 2.31. The molecule has 7 heteroatoms. The standard InChI is InChI=1S/C19H25N3O3S/c1-3-22(4-2)18(24)19(10-6-5-7-11-19)21-16(23)14-13-26-17(20-14)15-9-8-12-25-15/h8-9,12-13H,3-7,10-11H2,1-2H3,(H,21,23). The van der Waals surface area contributed by atoms with Gasteiger partial charge in [-0.3, -0.25) is 9.59 Å². The maximum atomic E-state index is 13.1. The molecule has 26 heavy (non-hydrogen) atoms. The summed E-state index contributed by atoms with van der Waals surface area (Å²) in [6.45, 7) is 5.23. The van der Waals surface area contributed by atoms with E-state index < -0.39 is 5.54 Å². The second kappa shape index (κ2) is 8.03. The fraction of sp³-hybridized carbons (Fsp3) is 0.526. The van der Waals surface area contributed by atoms with E-state index in [0.717, 1.165) is 19.3 Å². The average molecular weight is 375 g/mol. The number of carbonyl (C=O) groups excluding carboxylic acids is 2. The van der Waals surface area contributed by atoms with Gasteiger partial charge in [-0.2, -0.15) is 0 Å². The minimum absolute atomic E-state index is 0.0250. The third kappa shape index (κ3) is 3.67. The number of thiazole rings is 1. The van der Waals surface area contributed by atoms with Crippen molar-refractivity contribution in [2.75, 3.05) is 13.1 Å². The Balaban J connectivity index is 1.80. The molecule has 1 N–H and O–H groups in total. The van der Waals surface area contributed by atoms with E-state index in [-0.39, 0.29) is 11.8 Å². The van der Waals surface area contributed by atoms with Gasteiger partial charge in [-0.1, -0.05) is 19.3 Å². The van der Waals surface area contributed by atoms with Crippen molar-refractivity contribution in [2.24, 2.45) is 0 Å². The number of furan rings is 1. The molecular formula is C19H25N3O3S. The molecule has 1 fully saturated rings. The molecule has 1 saturated carbocycles. The molecule has 2 amide bonds. The molecule has 2 aromatic heterocycles. The number of likely N-dealkylation sites (N-methyl/N-ethyl adjacent to an activating group) is 1. The largest absolute Gasteiger partial charge is 0.462 e. The first kappa shape index (κ1) is 18.6. The second-order valence-electron chi connectivity index (χ2n) is 6.59. The minimum atomic E-state index is -0.810. The Labute approximate surface area is 157 Å². The Kier molecular flexibility index (Phi) is 5.76. The van der Waals surface area contributed by atoms with Gasteiger partial charge >= 0.3 is 0 Å². The Hall–Kier alpha value is -2.15. The van der Waals surface area contributed by atoms with Gasteiger partial charge in [0.25, 0.3) is 5.91 Å². The SMILES string of the molecule is CCN(CC)C(=O)C1(NC(=O)c2csc(-c3ccco3)n2)CCCCC1. The molecule has 0 saturated heterocycles. The molecule has 1 aliphatic rings. The summed E-state index contributed by atoms with van der Waals surface area (Å²) >= 11 is 1.36. The number of nitrogens with zero attached hydrogens (tertiary/aromatic N) is 2. The van der Waals surface area contributed by atoms with Crippen LogP contribution < -0.4 is 5.32 Å². The van der Waals surface area contributed by atoms with Gasteiger partial charge in [-0.25, -0.2) is 4.98 Å². The molecule has 0 spiro atoms. The highest BCUT2D eigenvalue weighted by molar-refractivity contribution is 7.13. The predicted octanol–water partition coefficient (Wildman–Crippen LogP) is 3.70. The van der Waals surface area contributed by atoms with Crippen LogP contribution in [-0.4, -0.2) is 40.3 Å². The van der Waals surface area contributed by atoms with Gasteiger partial charge in [0.15, 0.2) is 10.8 Å². The summed E-state index contributed by atoms with van der Waals surface area (Å²) in [5.74, 6) is 0.374. The van der Waals surface area contributed by atoms with Crippen LogP contribution in [0.1, 0.15) is 56.4 Å². The van der Waals surface area contributed by atoms with E-state index in [1.807, 2.05) is 19.9 Å². The van der Waals surface area contributed by atoms with Crippen LogP contribution in [0.2, 0.25) is 0 Å². The quantitative estimate of drug-likeness (QED) is 0.835. The molecule has 0 unspecified atom stereocenters. The van der Waals surface area contributed by atoms with E-state index in [1.165, 1.54) is 11.3 Å². The van der Waals surface area contributed by atoms with Crippen LogP contribution in [0.15, 0.2) is 28.2 Å². The van der Waals surface area contributed by atoms with Gasteiger partial charge in [0.1, 0.15) is 11.2 Å². The van der Waals surface area contributed by atoms with Gasteiger partial charge < -0.3 is 14.6 Å². The second-order valence-corrected chi connectivity index (χ2v) is 7.45. The van der Waals surface area contributed by atoms with Crippen molar-refractivity contribution < 1.29 is 14.0 Å². The Morgan fingerprint density at radius 2 is 2.00 bits per heavy atom. The van der Waals surface area contributed by atoms with Crippen LogP contribution in [0.4, 0.5) is 0 Å². The van der Waals surface area contributed by atoms with E-state index >= 15 is 0 Å². The number of hydrogen-bond acceptors (Lipinski definition) is 5. The molecule has 6 nitrogen and oxygen atoms in total. The Morgan fingerprint density at radius 1 is 1.27 bits per heavy atom. The van der Waals surface area contributed by atoms with Crippen molar-refractivity contribution in [1.29, 1.82) is 0 Å². The lowest BCUT2D eigenvalue weighted by molar-refractivity contribution is -0.139. The fourth-order valence-corrected chi connectivity index (χ4v) is 4.30. The van der Waals surface area contributed by atoms with Crippen molar-refractivity contribution in [3.05, 3.63) is 29.5 Å². The van der Waals surface area contributed by atoms with Crippen molar-refractivity contribution in [3.63, 3.8) is 0 Å². The lowest BCUT2D eigenvalue weighted by atomic mass is 9.80. The summed E-state index contributed by atoms with van der Waals surface area (Å²) in [5.41, 5.74) is -0.478.